The van der Waals surface area contributed by atoms with E-state index in [-0.39, 0.29) is 17.2 Å². The van der Waals surface area contributed by atoms with E-state index in [1.807, 2.05) is 0 Å². The maximum Gasteiger partial charge on any atom is 0.270 e. The van der Waals surface area contributed by atoms with Crippen LogP contribution in [-0.2, 0) is 0 Å². The van der Waals surface area contributed by atoms with Crippen molar-refractivity contribution in [1.29, 1.82) is 0 Å². The van der Waals surface area contributed by atoms with E-state index >= 15 is 0 Å². The third-order valence-corrected chi connectivity index (χ3v) is 5.24. The van der Waals surface area contributed by atoms with Crippen LogP contribution in [0.2, 0.25) is 0 Å². The Kier molecular flexibility index (Phi) is 5.95. The van der Waals surface area contributed by atoms with E-state index in [9.17, 15) is 14.0 Å². The van der Waals surface area contributed by atoms with E-state index in [1.165, 1.54) is 31.0 Å². The van der Waals surface area contributed by atoms with E-state index in [4.69, 9.17) is 0 Å². The SMILES string of the molecule is CN1CCCC1CCNC(=O)c1csc(NC(=O)c2cccc(F)c2)n1. The lowest BCUT2D eigenvalue weighted by atomic mass is 10.1. The van der Waals surface area contributed by atoms with Gasteiger partial charge in [0.1, 0.15) is 11.5 Å². The van der Waals surface area contributed by atoms with Crippen molar-refractivity contribution in [2.24, 2.45) is 0 Å². The lowest BCUT2D eigenvalue weighted by Crippen LogP contribution is -2.31. The van der Waals surface area contributed by atoms with Crippen molar-refractivity contribution in [3.8, 4) is 0 Å². The first-order valence-corrected chi connectivity index (χ1v) is 9.42. The minimum atomic E-state index is -0.482. The van der Waals surface area contributed by atoms with Gasteiger partial charge in [0.15, 0.2) is 5.13 Å². The first kappa shape index (κ1) is 18.5. The van der Waals surface area contributed by atoms with E-state index in [1.54, 1.807) is 5.38 Å². The molecule has 2 heterocycles. The highest BCUT2D eigenvalue weighted by Gasteiger charge is 2.20. The van der Waals surface area contributed by atoms with Crippen LogP contribution in [0, 0.1) is 5.82 Å². The molecular weight excluding hydrogens is 355 g/mol. The van der Waals surface area contributed by atoms with Gasteiger partial charge in [-0.2, -0.15) is 0 Å². The van der Waals surface area contributed by atoms with Crippen LogP contribution in [0.25, 0.3) is 0 Å². The van der Waals surface area contributed by atoms with Gasteiger partial charge in [-0.15, -0.1) is 11.3 Å². The van der Waals surface area contributed by atoms with Crippen LogP contribution in [0.1, 0.15) is 40.1 Å². The van der Waals surface area contributed by atoms with E-state index < -0.39 is 11.7 Å². The Morgan fingerprint density at radius 2 is 2.23 bits per heavy atom. The third-order valence-electron chi connectivity index (χ3n) is 4.48. The number of benzene rings is 1. The fourth-order valence-corrected chi connectivity index (χ4v) is 3.71. The molecule has 1 aliphatic rings. The second kappa shape index (κ2) is 8.37. The number of nitrogens with zero attached hydrogens (tertiary/aromatic N) is 2. The second-order valence-electron chi connectivity index (χ2n) is 6.32. The maximum absolute atomic E-state index is 13.2. The van der Waals surface area contributed by atoms with E-state index in [0.29, 0.717) is 17.7 Å². The maximum atomic E-state index is 13.2. The van der Waals surface area contributed by atoms with Crippen molar-refractivity contribution in [1.82, 2.24) is 15.2 Å². The van der Waals surface area contributed by atoms with Crippen LogP contribution < -0.4 is 10.6 Å². The zero-order valence-corrected chi connectivity index (χ0v) is 15.3. The molecule has 1 aromatic heterocycles. The number of hydrogen-bond acceptors (Lipinski definition) is 5. The lowest BCUT2D eigenvalue weighted by molar-refractivity contribution is 0.0944. The number of carbonyl (C=O) groups excluding carboxylic acids is 2. The minimum Gasteiger partial charge on any atom is -0.351 e. The van der Waals surface area contributed by atoms with Crippen LogP contribution in [0.15, 0.2) is 29.6 Å². The van der Waals surface area contributed by atoms with Crippen molar-refractivity contribution in [3.63, 3.8) is 0 Å². The smallest absolute Gasteiger partial charge is 0.270 e. The van der Waals surface area contributed by atoms with Crippen molar-refractivity contribution in [3.05, 3.63) is 46.7 Å². The summed E-state index contributed by atoms with van der Waals surface area (Å²) in [4.78, 5) is 30.7. The molecule has 1 aliphatic heterocycles. The summed E-state index contributed by atoms with van der Waals surface area (Å²) in [7, 11) is 2.10. The van der Waals surface area contributed by atoms with Crippen molar-refractivity contribution >= 4 is 28.3 Å². The molecule has 0 radical (unpaired) electrons. The highest BCUT2D eigenvalue weighted by molar-refractivity contribution is 7.14. The zero-order valence-electron chi connectivity index (χ0n) is 14.5. The number of anilines is 1. The Hall–Kier alpha value is -2.32. The molecule has 1 unspecified atom stereocenters. The standard InChI is InChI=1S/C18H21FN4O2S/c1-23-9-3-6-14(23)7-8-20-17(25)15-11-26-18(21-15)22-16(24)12-4-2-5-13(19)10-12/h2,4-5,10-11,14H,3,6-9H2,1H3,(H,20,25)(H,21,22,24). The predicted octanol–water partition coefficient (Wildman–Crippen LogP) is 2.75. The molecule has 2 N–H and O–H groups in total. The number of thiazole rings is 1. The molecule has 1 atom stereocenters. The summed E-state index contributed by atoms with van der Waals surface area (Å²) in [5.41, 5.74) is 0.469. The van der Waals surface area contributed by atoms with Crippen LogP contribution in [-0.4, -0.2) is 47.9 Å². The number of carbonyl (C=O) groups is 2. The van der Waals surface area contributed by atoms with Gasteiger partial charge in [-0.25, -0.2) is 9.37 Å². The predicted molar refractivity (Wildman–Crippen MR) is 99.1 cm³/mol. The molecule has 2 amide bonds. The molecule has 8 heteroatoms. The van der Waals surface area contributed by atoms with Gasteiger partial charge in [-0.3, -0.25) is 14.9 Å². The van der Waals surface area contributed by atoms with Gasteiger partial charge >= 0.3 is 0 Å². The van der Waals surface area contributed by atoms with Crippen LogP contribution >= 0.6 is 11.3 Å². The second-order valence-corrected chi connectivity index (χ2v) is 7.18. The zero-order chi connectivity index (χ0) is 18.5. The van der Waals surface area contributed by atoms with Gasteiger partial charge in [-0.05, 0) is 51.1 Å². The summed E-state index contributed by atoms with van der Waals surface area (Å²) < 4.78 is 13.2. The molecule has 2 aromatic rings. The van der Waals surface area contributed by atoms with Gasteiger partial charge in [0.25, 0.3) is 11.8 Å². The van der Waals surface area contributed by atoms with Crippen molar-refractivity contribution in [2.75, 3.05) is 25.5 Å². The van der Waals surface area contributed by atoms with Gasteiger partial charge in [0.05, 0.1) is 0 Å². The van der Waals surface area contributed by atoms with Crippen molar-refractivity contribution < 1.29 is 14.0 Å². The molecular formula is C18H21FN4O2S. The number of hydrogen-bond donors (Lipinski definition) is 2. The molecule has 1 fully saturated rings. The Labute approximate surface area is 155 Å². The molecule has 3 rings (SSSR count). The number of aromatic nitrogens is 1. The monoisotopic (exact) mass is 376 g/mol. The topological polar surface area (TPSA) is 74.3 Å². The average Bonchev–Trinajstić information content (AvgIpc) is 3.24. The molecule has 0 bridgehead atoms. The molecule has 1 aromatic carbocycles. The molecule has 0 aliphatic carbocycles. The minimum absolute atomic E-state index is 0.201. The quantitative estimate of drug-likeness (QED) is 0.813. The van der Waals surface area contributed by atoms with E-state index in [2.05, 4.69) is 27.6 Å². The normalized spacial score (nSPS) is 17.2. The van der Waals surface area contributed by atoms with Gasteiger partial charge in [-0.1, -0.05) is 6.07 Å². The highest BCUT2D eigenvalue weighted by Crippen LogP contribution is 2.18. The summed E-state index contributed by atoms with van der Waals surface area (Å²) in [5, 5.41) is 7.35. The first-order valence-electron chi connectivity index (χ1n) is 8.54. The highest BCUT2D eigenvalue weighted by atomic mass is 32.1. The number of amides is 2. The molecule has 1 saturated heterocycles. The van der Waals surface area contributed by atoms with E-state index in [0.717, 1.165) is 30.4 Å². The molecule has 138 valence electrons. The lowest BCUT2D eigenvalue weighted by Gasteiger charge is -2.19. The molecule has 0 spiro atoms. The number of likely N-dealkylation sites (tertiary alicyclic amines) is 1. The Morgan fingerprint density at radius 1 is 1.38 bits per heavy atom. The summed E-state index contributed by atoms with van der Waals surface area (Å²) >= 11 is 1.16. The Morgan fingerprint density at radius 3 is 2.96 bits per heavy atom. The number of rotatable bonds is 6. The average molecular weight is 376 g/mol. The fourth-order valence-electron chi connectivity index (χ4n) is 3.02. The fraction of sp³-hybridized carbons (Fsp3) is 0.389. The Balaban J connectivity index is 1.50. The van der Waals surface area contributed by atoms with Crippen LogP contribution in [0.4, 0.5) is 9.52 Å². The third kappa shape index (κ3) is 4.64. The number of halogens is 1. The summed E-state index contributed by atoms with van der Waals surface area (Å²) in [6.45, 7) is 1.70. The van der Waals surface area contributed by atoms with Gasteiger partial charge < -0.3 is 10.2 Å². The molecule has 0 saturated carbocycles. The van der Waals surface area contributed by atoms with Gasteiger partial charge in [0, 0.05) is 23.5 Å². The first-order chi connectivity index (χ1) is 12.5. The number of nitrogens with one attached hydrogen (secondary N) is 2. The molecule has 6 nitrogen and oxygen atoms in total. The van der Waals surface area contributed by atoms with Crippen LogP contribution in [0.3, 0.4) is 0 Å². The van der Waals surface area contributed by atoms with Gasteiger partial charge in [0.2, 0.25) is 0 Å². The van der Waals surface area contributed by atoms with Crippen molar-refractivity contribution in [2.45, 2.75) is 25.3 Å². The summed E-state index contributed by atoms with van der Waals surface area (Å²) in [6, 6.07) is 5.92. The summed E-state index contributed by atoms with van der Waals surface area (Å²) in [6.07, 6.45) is 3.28. The van der Waals surface area contributed by atoms with Crippen LogP contribution in [0.5, 0.6) is 0 Å². The largest absolute Gasteiger partial charge is 0.351 e. The summed E-state index contributed by atoms with van der Waals surface area (Å²) in [5.74, 6) is -1.20. The molecule has 26 heavy (non-hydrogen) atoms. The Bertz CT molecular complexity index is 795.